The fraction of sp³-hybridized carbons (Fsp3) is 0.323. The second-order valence-electron chi connectivity index (χ2n) is 10.7. The van der Waals surface area contributed by atoms with E-state index in [2.05, 4.69) is 15.3 Å². The molecule has 41 heavy (non-hydrogen) atoms. The summed E-state index contributed by atoms with van der Waals surface area (Å²) in [7, 11) is 0. The van der Waals surface area contributed by atoms with E-state index in [0.29, 0.717) is 39.5 Å². The smallest absolute Gasteiger partial charge is 0.292 e. The minimum atomic E-state index is -1.09. The lowest BCUT2D eigenvalue weighted by molar-refractivity contribution is -0.118. The number of amides is 1. The molecule has 2 aliphatic rings. The molecule has 10 heteroatoms. The number of rotatable bonds is 10. The van der Waals surface area contributed by atoms with Gasteiger partial charge in [0.15, 0.2) is 0 Å². The molecule has 0 bridgehead atoms. The van der Waals surface area contributed by atoms with Crippen LogP contribution in [0.4, 0.5) is 4.39 Å². The van der Waals surface area contributed by atoms with Gasteiger partial charge in [0.05, 0.1) is 28.4 Å². The molecule has 8 nitrogen and oxygen atoms in total. The number of carbonyl (C=O) groups excluding carboxylic acids is 2. The third-order valence-electron chi connectivity index (χ3n) is 7.53. The molecule has 1 amide bonds. The normalized spacial score (nSPS) is 17.0. The van der Waals surface area contributed by atoms with E-state index >= 15 is 0 Å². The van der Waals surface area contributed by atoms with E-state index in [1.807, 2.05) is 0 Å². The van der Waals surface area contributed by atoms with Gasteiger partial charge < -0.3 is 20.1 Å². The Kier molecular flexibility index (Phi) is 7.75. The third kappa shape index (κ3) is 6.27. The van der Waals surface area contributed by atoms with Gasteiger partial charge in [0, 0.05) is 23.7 Å². The highest BCUT2D eigenvalue weighted by Gasteiger charge is 2.30. The summed E-state index contributed by atoms with van der Waals surface area (Å²) in [6.45, 7) is 2.11. The van der Waals surface area contributed by atoms with E-state index in [0.717, 1.165) is 38.8 Å². The van der Waals surface area contributed by atoms with Gasteiger partial charge in [0.2, 0.25) is 5.78 Å². The van der Waals surface area contributed by atoms with Crippen LogP contribution >= 0.6 is 11.6 Å². The molecule has 2 N–H and O–H groups in total. The number of ether oxygens (including phenoxy) is 1. The van der Waals surface area contributed by atoms with Crippen LogP contribution in [0.5, 0.6) is 5.75 Å². The average Bonchev–Trinajstić information content (AvgIpc) is 3.45. The lowest BCUT2D eigenvalue weighted by Crippen LogP contribution is -2.48. The van der Waals surface area contributed by atoms with E-state index < -0.39 is 23.8 Å². The minimum absolute atomic E-state index is 0.188. The van der Waals surface area contributed by atoms with E-state index in [4.69, 9.17) is 16.3 Å². The summed E-state index contributed by atoms with van der Waals surface area (Å²) in [6.07, 6.45) is 4.91. The Labute approximate surface area is 241 Å². The molecule has 3 aromatic carbocycles. The molecule has 0 spiro atoms. The van der Waals surface area contributed by atoms with E-state index in [9.17, 15) is 19.1 Å². The first-order valence-corrected chi connectivity index (χ1v) is 14.2. The van der Waals surface area contributed by atoms with Crippen LogP contribution in [-0.2, 0) is 4.79 Å². The molecule has 1 aromatic heterocycles. The zero-order valence-corrected chi connectivity index (χ0v) is 23.1. The predicted octanol–water partition coefficient (Wildman–Crippen LogP) is 4.86. The standard InChI is InChI=1S/C31H30ClFN4O4/c32-25-16-20(4-12-28(25)41-24-9-10-24)29(38)27(18-36-13-1-2-14-36)34-31(40)30(39)19-3-11-26-21(15-19)17-37(35-26)23-7-5-22(33)6-8-23/h3-8,11-12,15-17,24,27,29,38H,1-2,9-10,13-14,18H2,(H,34,40). The summed E-state index contributed by atoms with van der Waals surface area (Å²) in [5.74, 6) is -1.30. The Morgan fingerprint density at radius 3 is 2.54 bits per heavy atom. The van der Waals surface area contributed by atoms with Gasteiger partial charge in [0.25, 0.3) is 5.91 Å². The Hall–Kier alpha value is -3.79. The SMILES string of the molecule is O=C(NC(CN1CCCC1)C(O)c1ccc(OC2CC2)c(Cl)c1)C(=O)c1ccc2nn(-c3ccc(F)cc3)cc2c1. The molecule has 2 heterocycles. The van der Waals surface area contributed by atoms with Crippen LogP contribution < -0.4 is 10.1 Å². The number of aromatic nitrogens is 2. The van der Waals surface area contributed by atoms with Gasteiger partial charge in [-0.15, -0.1) is 0 Å². The highest BCUT2D eigenvalue weighted by atomic mass is 35.5. The van der Waals surface area contributed by atoms with Crippen LogP contribution in [-0.4, -0.2) is 63.3 Å². The van der Waals surface area contributed by atoms with Crippen molar-refractivity contribution in [3.63, 3.8) is 0 Å². The Morgan fingerprint density at radius 1 is 1.07 bits per heavy atom. The highest BCUT2D eigenvalue weighted by molar-refractivity contribution is 6.43. The lowest BCUT2D eigenvalue weighted by Gasteiger charge is -2.28. The first-order chi connectivity index (χ1) is 19.8. The summed E-state index contributed by atoms with van der Waals surface area (Å²) in [5.41, 5.74) is 2.02. The lowest BCUT2D eigenvalue weighted by atomic mass is 10.0. The Morgan fingerprint density at radius 2 is 1.83 bits per heavy atom. The number of hydrogen-bond donors (Lipinski definition) is 2. The van der Waals surface area contributed by atoms with Crippen molar-refractivity contribution >= 4 is 34.2 Å². The predicted molar refractivity (Wildman–Crippen MR) is 153 cm³/mol. The summed E-state index contributed by atoms with van der Waals surface area (Å²) >= 11 is 6.44. The number of halogens is 2. The van der Waals surface area contributed by atoms with Crippen LogP contribution in [0, 0.1) is 5.82 Å². The largest absolute Gasteiger partial charge is 0.489 e. The number of likely N-dealkylation sites (tertiary alicyclic amines) is 1. The van der Waals surface area contributed by atoms with Crippen molar-refractivity contribution in [1.29, 1.82) is 0 Å². The highest BCUT2D eigenvalue weighted by Crippen LogP contribution is 2.34. The Bertz CT molecular complexity index is 1580. The van der Waals surface area contributed by atoms with Gasteiger partial charge in [0.1, 0.15) is 17.7 Å². The number of fused-ring (bicyclic) bond motifs is 1. The molecular weight excluding hydrogens is 547 g/mol. The van der Waals surface area contributed by atoms with E-state index in [-0.39, 0.29) is 17.5 Å². The number of ketones is 1. The fourth-order valence-corrected chi connectivity index (χ4v) is 5.35. The molecule has 2 unspecified atom stereocenters. The first-order valence-electron chi connectivity index (χ1n) is 13.8. The van der Waals surface area contributed by atoms with Gasteiger partial charge in [-0.1, -0.05) is 17.7 Å². The molecule has 0 radical (unpaired) electrons. The number of aliphatic hydroxyl groups is 1. The molecule has 1 aliphatic heterocycles. The van der Waals surface area contributed by atoms with Crippen molar-refractivity contribution in [2.75, 3.05) is 19.6 Å². The van der Waals surface area contributed by atoms with Crippen LogP contribution in [0.15, 0.2) is 66.9 Å². The molecule has 1 saturated carbocycles. The molecular formula is C31H30ClFN4O4. The molecule has 2 atom stereocenters. The fourth-order valence-electron chi connectivity index (χ4n) is 5.12. The van der Waals surface area contributed by atoms with Crippen LogP contribution in [0.2, 0.25) is 5.02 Å². The molecule has 212 valence electrons. The van der Waals surface area contributed by atoms with Gasteiger partial charge in [-0.2, -0.15) is 5.10 Å². The molecule has 4 aromatic rings. The number of hydrogen-bond acceptors (Lipinski definition) is 6. The molecule has 6 rings (SSSR count). The van der Waals surface area contributed by atoms with Crippen LogP contribution in [0.3, 0.4) is 0 Å². The number of Topliss-reactive ketones (excluding diaryl/α,β-unsaturated/α-hetero) is 1. The van der Waals surface area contributed by atoms with Gasteiger partial charge in [-0.25, -0.2) is 9.07 Å². The maximum Gasteiger partial charge on any atom is 0.292 e. The van der Waals surface area contributed by atoms with Gasteiger partial charge in [-0.05, 0) is 98.9 Å². The van der Waals surface area contributed by atoms with Crippen LogP contribution in [0.25, 0.3) is 16.6 Å². The maximum absolute atomic E-state index is 13.3. The monoisotopic (exact) mass is 576 g/mol. The van der Waals surface area contributed by atoms with Crippen molar-refractivity contribution < 1.29 is 23.8 Å². The van der Waals surface area contributed by atoms with Gasteiger partial charge >= 0.3 is 0 Å². The van der Waals surface area contributed by atoms with Gasteiger partial charge in [-0.3, -0.25) is 9.59 Å². The van der Waals surface area contributed by atoms with E-state index in [1.165, 1.54) is 12.1 Å². The van der Waals surface area contributed by atoms with Crippen molar-refractivity contribution in [2.45, 2.75) is 43.9 Å². The second-order valence-corrected chi connectivity index (χ2v) is 11.1. The number of nitrogens with zero attached hydrogens (tertiary/aromatic N) is 3. The number of carbonyl (C=O) groups is 2. The third-order valence-corrected chi connectivity index (χ3v) is 7.83. The van der Waals surface area contributed by atoms with Crippen LogP contribution in [0.1, 0.15) is 47.7 Å². The second kappa shape index (κ2) is 11.6. The number of benzene rings is 3. The minimum Gasteiger partial charge on any atom is -0.489 e. The maximum atomic E-state index is 13.3. The van der Waals surface area contributed by atoms with Crippen molar-refractivity contribution in [3.8, 4) is 11.4 Å². The Balaban J connectivity index is 1.20. The summed E-state index contributed by atoms with van der Waals surface area (Å²) in [4.78, 5) is 28.6. The zero-order valence-electron chi connectivity index (χ0n) is 22.3. The van der Waals surface area contributed by atoms with Crippen molar-refractivity contribution in [2.24, 2.45) is 0 Å². The molecule has 2 fully saturated rings. The number of nitrogens with one attached hydrogen (secondary N) is 1. The quantitative estimate of drug-likeness (QED) is 0.207. The van der Waals surface area contributed by atoms with Crippen molar-refractivity contribution in [1.82, 2.24) is 20.0 Å². The summed E-state index contributed by atoms with van der Waals surface area (Å²) < 4.78 is 20.7. The summed E-state index contributed by atoms with van der Waals surface area (Å²) in [5, 5.41) is 19.7. The first kappa shape index (κ1) is 27.4. The topological polar surface area (TPSA) is 96.7 Å². The zero-order chi connectivity index (χ0) is 28.5. The average molecular weight is 577 g/mol. The molecule has 1 aliphatic carbocycles. The van der Waals surface area contributed by atoms with Crippen molar-refractivity contribution in [3.05, 3.63) is 88.8 Å². The van der Waals surface area contributed by atoms with E-state index in [1.54, 1.807) is 59.4 Å². The summed E-state index contributed by atoms with van der Waals surface area (Å²) in [6, 6.07) is 15.1. The molecule has 1 saturated heterocycles. The number of aliphatic hydroxyl groups excluding tert-OH is 1.